The molecule has 2 atom stereocenters. The lowest BCUT2D eigenvalue weighted by Crippen LogP contribution is -1.89. The van der Waals surface area contributed by atoms with E-state index in [2.05, 4.69) is 37.4 Å². The van der Waals surface area contributed by atoms with Crippen LogP contribution in [0.3, 0.4) is 0 Å². The van der Waals surface area contributed by atoms with Crippen molar-refractivity contribution < 1.29 is 4.74 Å². The molecule has 0 radical (unpaired) electrons. The molecule has 1 aromatic carbocycles. The molecule has 0 amide bonds. The van der Waals surface area contributed by atoms with Crippen LogP contribution in [0.25, 0.3) is 0 Å². The van der Waals surface area contributed by atoms with Gasteiger partial charge in [-0.3, -0.25) is 0 Å². The molecule has 0 N–H and O–H groups in total. The maximum absolute atomic E-state index is 5.74. The first-order chi connectivity index (χ1) is 5.83. The molecule has 2 heteroatoms. The van der Waals surface area contributed by atoms with Gasteiger partial charge in [0, 0.05) is 0 Å². The number of hydrogen-bond donors (Lipinski definition) is 0. The van der Waals surface area contributed by atoms with Gasteiger partial charge in [0.05, 0.1) is 6.10 Å². The summed E-state index contributed by atoms with van der Waals surface area (Å²) in [5.74, 6) is 0. The number of thioether (sulfide) groups is 1. The molecule has 1 nitrogen and oxygen atoms in total. The summed E-state index contributed by atoms with van der Waals surface area (Å²) < 4.78 is 5.74. The van der Waals surface area contributed by atoms with Crippen LogP contribution in [-0.2, 0) is 4.74 Å². The molecule has 64 valence electrons. The van der Waals surface area contributed by atoms with E-state index in [1.54, 1.807) is 11.8 Å². The summed E-state index contributed by atoms with van der Waals surface area (Å²) in [6.45, 7) is 2.11. The van der Waals surface area contributed by atoms with E-state index in [0.717, 1.165) is 0 Å². The van der Waals surface area contributed by atoms with Gasteiger partial charge in [-0.15, -0.1) is 11.8 Å². The first-order valence-corrected chi connectivity index (χ1v) is 5.39. The van der Waals surface area contributed by atoms with Crippen molar-refractivity contribution >= 4 is 11.8 Å². The van der Waals surface area contributed by atoms with Gasteiger partial charge >= 0.3 is 0 Å². The third-order valence-corrected chi connectivity index (χ3v) is 3.02. The molecule has 1 aliphatic heterocycles. The minimum atomic E-state index is 0.246. The van der Waals surface area contributed by atoms with Crippen molar-refractivity contribution in [3.63, 3.8) is 0 Å². The normalized spacial score (nSPS) is 27.2. The van der Waals surface area contributed by atoms with Crippen LogP contribution in [0.5, 0.6) is 0 Å². The van der Waals surface area contributed by atoms with Crippen LogP contribution in [0, 0.1) is 0 Å². The maximum Gasteiger partial charge on any atom is 0.129 e. The molecule has 0 bridgehead atoms. The topological polar surface area (TPSA) is 9.23 Å². The van der Waals surface area contributed by atoms with Gasteiger partial charge < -0.3 is 4.74 Å². The summed E-state index contributed by atoms with van der Waals surface area (Å²) >= 11 is 1.76. The number of fused-ring (bicyclic) bond motifs is 1. The van der Waals surface area contributed by atoms with E-state index in [9.17, 15) is 0 Å². The Bertz CT molecular complexity index is 285. The zero-order valence-corrected chi connectivity index (χ0v) is 8.10. The average Bonchev–Trinajstić information content (AvgIpc) is 2.44. The average molecular weight is 180 g/mol. The molecule has 0 aromatic heterocycles. The van der Waals surface area contributed by atoms with Crippen molar-refractivity contribution in [3.8, 4) is 0 Å². The third-order valence-electron chi connectivity index (χ3n) is 2.23. The van der Waals surface area contributed by atoms with Gasteiger partial charge in [0.25, 0.3) is 0 Å². The molecular weight excluding hydrogens is 168 g/mol. The SMILES string of the molecule is CS[C@H]1O[C@H](C)c2ccccc21. The second-order valence-corrected chi connectivity index (χ2v) is 3.87. The number of benzene rings is 1. The Kier molecular flexibility index (Phi) is 2.11. The van der Waals surface area contributed by atoms with E-state index in [1.165, 1.54) is 11.1 Å². The third kappa shape index (κ3) is 1.15. The highest BCUT2D eigenvalue weighted by Gasteiger charge is 2.27. The molecule has 0 unspecified atom stereocenters. The zero-order valence-electron chi connectivity index (χ0n) is 7.28. The lowest BCUT2D eigenvalue weighted by atomic mass is 10.1. The standard InChI is InChI=1S/C10H12OS/c1-7-8-5-3-4-6-9(8)10(11-7)12-2/h3-7,10H,1-2H3/t7-,10-/m1/s1. The van der Waals surface area contributed by atoms with Gasteiger partial charge in [-0.2, -0.15) is 0 Å². The number of rotatable bonds is 1. The second-order valence-electron chi connectivity index (χ2n) is 2.97. The molecule has 0 saturated carbocycles. The van der Waals surface area contributed by atoms with Gasteiger partial charge in [-0.25, -0.2) is 0 Å². The van der Waals surface area contributed by atoms with E-state index in [-0.39, 0.29) is 11.5 Å². The second kappa shape index (κ2) is 3.11. The van der Waals surface area contributed by atoms with Crippen molar-refractivity contribution in [1.29, 1.82) is 0 Å². The van der Waals surface area contributed by atoms with Crippen LogP contribution in [0.1, 0.15) is 29.6 Å². The fourth-order valence-corrected chi connectivity index (χ4v) is 2.36. The summed E-state index contributed by atoms with van der Waals surface area (Å²) in [5, 5.41) is 0. The molecule has 0 fully saturated rings. The van der Waals surface area contributed by atoms with Crippen LogP contribution in [0.2, 0.25) is 0 Å². The highest BCUT2D eigenvalue weighted by atomic mass is 32.2. The Labute approximate surface area is 77.1 Å². The maximum atomic E-state index is 5.74. The molecule has 0 aliphatic carbocycles. The Balaban J connectivity index is 2.43. The predicted octanol–water partition coefficient (Wildman–Crippen LogP) is 3.14. The quantitative estimate of drug-likeness (QED) is 0.656. The first kappa shape index (κ1) is 8.14. The molecule has 1 aromatic rings. The smallest absolute Gasteiger partial charge is 0.129 e. The largest absolute Gasteiger partial charge is 0.355 e. The first-order valence-electron chi connectivity index (χ1n) is 4.10. The molecule has 0 saturated heterocycles. The fourth-order valence-electron chi connectivity index (χ4n) is 1.61. The highest BCUT2D eigenvalue weighted by Crippen LogP contribution is 2.43. The van der Waals surface area contributed by atoms with Crippen LogP contribution >= 0.6 is 11.8 Å². The minimum Gasteiger partial charge on any atom is -0.355 e. The van der Waals surface area contributed by atoms with Crippen molar-refractivity contribution in [2.24, 2.45) is 0 Å². The van der Waals surface area contributed by atoms with Crippen molar-refractivity contribution in [3.05, 3.63) is 35.4 Å². The van der Waals surface area contributed by atoms with Crippen LogP contribution in [-0.4, -0.2) is 6.26 Å². The summed E-state index contributed by atoms with van der Waals surface area (Å²) in [6, 6.07) is 8.45. The van der Waals surface area contributed by atoms with Gasteiger partial charge in [-0.1, -0.05) is 24.3 Å². The molecule has 12 heavy (non-hydrogen) atoms. The zero-order chi connectivity index (χ0) is 8.55. The van der Waals surface area contributed by atoms with E-state index in [4.69, 9.17) is 4.74 Å². The molecule has 1 aliphatic rings. The van der Waals surface area contributed by atoms with Crippen molar-refractivity contribution in [2.75, 3.05) is 6.26 Å². The summed E-state index contributed by atoms with van der Waals surface area (Å²) in [5.41, 5.74) is 2.94. The number of ether oxygens (including phenoxy) is 1. The Morgan fingerprint density at radius 1 is 1.25 bits per heavy atom. The molecular formula is C10H12OS. The molecule has 2 rings (SSSR count). The van der Waals surface area contributed by atoms with Crippen LogP contribution in [0.15, 0.2) is 24.3 Å². The van der Waals surface area contributed by atoms with E-state index in [0.29, 0.717) is 0 Å². The summed E-state index contributed by atoms with van der Waals surface area (Å²) in [6.07, 6.45) is 2.35. The van der Waals surface area contributed by atoms with Crippen LogP contribution in [0.4, 0.5) is 0 Å². The van der Waals surface area contributed by atoms with E-state index < -0.39 is 0 Å². The lowest BCUT2D eigenvalue weighted by Gasteiger charge is -2.07. The number of hydrogen-bond acceptors (Lipinski definition) is 2. The van der Waals surface area contributed by atoms with Gasteiger partial charge in [-0.05, 0) is 24.3 Å². The molecule has 0 spiro atoms. The Morgan fingerprint density at radius 2 is 1.92 bits per heavy atom. The Hall–Kier alpha value is -0.470. The summed E-state index contributed by atoms with van der Waals surface area (Å²) in [4.78, 5) is 0. The summed E-state index contributed by atoms with van der Waals surface area (Å²) in [7, 11) is 0. The van der Waals surface area contributed by atoms with Crippen LogP contribution < -0.4 is 0 Å². The Morgan fingerprint density at radius 3 is 2.58 bits per heavy atom. The molecule has 1 heterocycles. The monoisotopic (exact) mass is 180 g/mol. The van der Waals surface area contributed by atoms with Gasteiger partial charge in [0.2, 0.25) is 0 Å². The van der Waals surface area contributed by atoms with E-state index in [1.807, 2.05) is 0 Å². The highest BCUT2D eigenvalue weighted by molar-refractivity contribution is 7.98. The van der Waals surface area contributed by atoms with E-state index >= 15 is 0 Å². The minimum absolute atomic E-state index is 0.246. The predicted molar refractivity (Wildman–Crippen MR) is 52.2 cm³/mol. The fraction of sp³-hybridized carbons (Fsp3) is 0.400. The lowest BCUT2D eigenvalue weighted by molar-refractivity contribution is 0.0735. The van der Waals surface area contributed by atoms with Gasteiger partial charge in [0.1, 0.15) is 5.44 Å². The van der Waals surface area contributed by atoms with Crippen molar-refractivity contribution in [1.82, 2.24) is 0 Å². The van der Waals surface area contributed by atoms with Crippen molar-refractivity contribution in [2.45, 2.75) is 18.5 Å². The van der Waals surface area contributed by atoms with Gasteiger partial charge in [0.15, 0.2) is 0 Å².